The maximum Gasteiger partial charge on any atom is 0.306 e. The van der Waals surface area contributed by atoms with Crippen LogP contribution in [0.25, 0.3) is 11.3 Å². The second-order valence-electron chi connectivity index (χ2n) is 7.46. The molecule has 3 rings (SSSR count). The summed E-state index contributed by atoms with van der Waals surface area (Å²) >= 11 is 0. The molecule has 33 heavy (non-hydrogen) atoms. The zero-order valence-electron chi connectivity index (χ0n) is 18.9. The normalized spacial score (nSPS) is 11.5. The fourth-order valence-electron chi connectivity index (χ4n) is 3.49. The molecule has 0 bridgehead atoms. The van der Waals surface area contributed by atoms with Crippen molar-refractivity contribution >= 4 is 11.9 Å². The zero-order chi connectivity index (χ0) is 23.8. The SMILES string of the molecule is CCC(Cc1ccc(OC)c(CNC(=O)c2ccc(-c3ncccc3OC)cn2)c1)C(=O)O. The number of benzene rings is 1. The molecule has 0 aliphatic carbocycles. The monoisotopic (exact) mass is 449 g/mol. The smallest absolute Gasteiger partial charge is 0.306 e. The average molecular weight is 450 g/mol. The Morgan fingerprint density at radius 3 is 2.48 bits per heavy atom. The van der Waals surface area contributed by atoms with Gasteiger partial charge in [0, 0.05) is 30.1 Å². The lowest BCUT2D eigenvalue weighted by Gasteiger charge is -2.14. The van der Waals surface area contributed by atoms with Crippen LogP contribution in [0.15, 0.2) is 54.9 Å². The number of nitrogens with zero attached hydrogens (tertiary/aromatic N) is 2. The van der Waals surface area contributed by atoms with Crippen LogP contribution in [0.3, 0.4) is 0 Å². The van der Waals surface area contributed by atoms with Gasteiger partial charge in [0.1, 0.15) is 22.9 Å². The Balaban J connectivity index is 1.71. The van der Waals surface area contributed by atoms with Crippen LogP contribution in [0.4, 0.5) is 0 Å². The van der Waals surface area contributed by atoms with E-state index in [4.69, 9.17) is 9.47 Å². The second kappa shape index (κ2) is 11.1. The lowest BCUT2D eigenvalue weighted by Crippen LogP contribution is -2.24. The molecule has 0 aliphatic heterocycles. The van der Waals surface area contributed by atoms with E-state index in [-0.39, 0.29) is 18.1 Å². The van der Waals surface area contributed by atoms with Gasteiger partial charge >= 0.3 is 5.97 Å². The second-order valence-corrected chi connectivity index (χ2v) is 7.46. The number of ether oxygens (including phenoxy) is 2. The first-order valence-electron chi connectivity index (χ1n) is 10.6. The molecule has 8 heteroatoms. The number of nitrogens with one attached hydrogen (secondary N) is 1. The first kappa shape index (κ1) is 23.7. The number of carbonyl (C=O) groups is 2. The Morgan fingerprint density at radius 2 is 1.85 bits per heavy atom. The number of amides is 1. The van der Waals surface area contributed by atoms with Crippen molar-refractivity contribution in [1.82, 2.24) is 15.3 Å². The Kier molecular flexibility index (Phi) is 7.96. The quantitative estimate of drug-likeness (QED) is 0.485. The van der Waals surface area contributed by atoms with Crippen molar-refractivity contribution in [1.29, 1.82) is 0 Å². The molecule has 1 atom stereocenters. The van der Waals surface area contributed by atoms with Gasteiger partial charge in [0.2, 0.25) is 0 Å². The molecule has 0 saturated carbocycles. The highest BCUT2D eigenvalue weighted by atomic mass is 16.5. The van der Waals surface area contributed by atoms with Crippen molar-refractivity contribution in [2.24, 2.45) is 5.92 Å². The van der Waals surface area contributed by atoms with E-state index < -0.39 is 11.9 Å². The number of rotatable bonds is 10. The van der Waals surface area contributed by atoms with E-state index in [1.165, 1.54) is 0 Å². The van der Waals surface area contributed by atoms with Gasteiger partial charge in [0.05, 0.1) is 20.1 Å². The van der Waals surface area contributed by atoms with Gasteiger partial charge in [0.25, 0.3) is 5.91 Å². The Bertz CT molecular complexity index is 1120. The van der Waals surface area contributed by atoms with Gasteiger partial charge in [-0.25, -0.2) is 0 Å². The minimum Gasteiger partial charge on any atom is -0.496 e. The van der Waals surface area contributed by atoms with Crippen LogP contribution >= 0.6 is 0 Å². The van der Waals surface area contributed by atoms with Crippen LogP contribution in [0.1, 0.15) is 35.0 Å². The third kappa shape index (κ3) is 5.85. The van der Waals surface area contributed by atoms with Crippen molar-refractivity contribution in [2.75, 3.05) is 14.2 Å². The molecule has 0 spiro atoms. The molecule has 0 radical (unpaired) electrons. The Morgan fingerprint density at radius 1 is 1.06 bits per heavy atom. The van der Waals surface area contributed by atoms with Crippen molar-refractivity contribution < 1.29 is 24.2 Å². The highest BCUT2D eigenvalue weighted by Crippen LogP contribution is 2.26. The van der Waals surface area contributed by atoms with E-state index in [9.17, 15) is 14.7 Å². The zero-order valence-corrected chi connectivity index (χ0v) is 18.9. The van der Waals surface area contributed by atoms with Gasteiger partial charge < -0.3 is 19.9 Å². The highest BCUT2D eigenvalue weighted by Gasteiger charge is 2.17. The van der Waals surface area contributed by atoms with Gasteiger partial charge in [-0.1, -0.05) is 19.1 Å². The van der Waals surface area contributed by atoms with Crippen molar-refractivity contribution in [3.8, 4) is 22.8 Å². The summed E-state index contributed by atoms with van der Waals surface area (Å²) in [4.78, 5) is 32.6. The average Bonchev–Trinajstić information content (AvgIpc) is 2.85. The highest BCUT2D eigenvalue weighted by molar-refractivity contribution is 5.92. The molecular weight excluding hydrogens is 422 g/mol. The van der Waals surface area contributed by atoms with Crippen molar-refractivity contribution in [2.45, 2.75) is 26.3 Å². The molecule has 8 nitrogen and oxygen atoms in total. The Hall–Kier alpha value is -3.94. The minimum absolute atomic E-state index is 0.219. The van der Waals surface area contributed by atoms with Crippen molar-refractivity contribution in [3.05, 3.63) is 71.7 Å². The number of hydrogen-bond acceptors (Lipinski definition) is 6. The van der Waals surface area contributed by atoms with Gasteiger partial charge in [0.15, 0.2) is 0 Å². The largest absolute Gasteiger partial charge is 0.496 e. The maximum absolute atomic E-state index is 12.7. The van der Waals surface area contributed by atoms with Crippen LogP contribution in [-0.2, 0) is 17.8 Å². The van der Waals surface area contributed by atoms with E-state index in [1.807, 2.05) is 25.1 Å². The molecule has 1 amide bonds. The molecular formula is C25H27N3O5. The van der Waals surface area contributed by atoms with E-state index in [1.54, 1.807) is 50.9 Å². The summed E-state index contributed by atoms with van der Waals surface area (Å²) in [6.45, 7) is 2.07. The molecule has 2 N–H and O–H groups in total. The molecule has 1 aromatic carbocycles. The molecule has 2 aromatic heterocycles. The summed E-state index contributed by atoms with van der Waals surface area (Å²) in [5.41, 5.74) is 3.29. The molecule has 0 saturated heterocycles. The predicted molar refractivity (Wildman–Crippen MR) is 123 cm³/mol. The molecule has 0 fully saturated rings. The molecule has 0 aliphatic rings. The third-order valence-corrected chi connectivity index (χ3v) is 5.37. The van der Waals surface area contributed by atoms with E-state index in [2.05, 4.69) is 15.3 Å². The van der Waals surface area contributed by atoms with Crippen LogP contribution in [0.2, 0.25) is 0 Å². The van der Waals surface area contributed by atoms with Crippen LogP contribution in [0, 0.1) is 5.92 Å². The summed E-state index contributed by atoms with van der Waals surface area (Å²) in [5, 5.41) is 12.2. The van der Waals surface area contributed by atoms with Crippen LogP contribution < -0.4 is 14.8 Å². The van der Waals surface area contributed by atoms with Crippen LogP contribution in [0.5, 0.6) is 11.5 Å². The van der Waals surface area contributed by atoms with Gasteiger partial charge in [-0.05, 0) is 48.7 Å². The first-order valence-corrected chi connectivity index (χ1v) is 10.6. The van der Waals surface area contributed by atoms with Gasteiger partial charge in [-0.15, -0.1) is 0 Å². The summed E-state index contributed by atoms with van der Waals surface area (Å²) in [6, 6.07) is 12.5. The number of carbonyl (C=O) groups excluding carboxylic acids is 1. The van der Waals surface area contributed by atoms with E-state index in [0.29, 0.717) is 30.0 Å². The summed E-state index contributed by atoms with van der Waals surface area (Å²) in [6.07, 6.45) is 4.20. The van der Waals surface area contributed by atoms with Gasteiger partial charge in [-0.2, -0.15) is 0 Å². The van der Waals surface area contributed by atoms with E-state index in [0.717, 1.165) is 16.7 Å². The topological polar surface area (TPSA) is 111 Å². The minimum atomic E-state index is -0.819. The molecule has 2 heterocycles. The van der Waals surface area contributed by atoms with Crippen molar-refractivity contribution in [3.63, 3.8) is 0 Å². The number of aliphatic carboxylic acids is 1. The maximum atomic E-state index is 12.7. The third-order valence-electron chi connectivity index (χ3n) is 5.37. The van der Waals surface area contributed by atoms with Crippen LogP contribution in [-0.4, -0.2) is 41.2 Å². The molecule has 1 unspecified atom stereocenters. The Labute approximate surface area is 192 Å². The number of pyridine rings is 2. The number of hydrogen-bond donors (Lipinski definition) is 2. The predicted octanol–water partition coefficient (Wildman–Crippen LogP) is 3.74. The fraction of sp³-hybridized carbons (Fsp3) is 0.280. The van der Waals surface area contributed by atoms with E-state index >= 15 is 0 Å². The lowest BCUT2D eigenvalue weighted by atomic mass is 9.95. The summed E-state index contributed by atoms with van der Waals surface area (Å²) in [7, 11) is 3.13. The van der Waals surface area contributed by atoms with Gasteiger partial charge in [-0.3, -0.25) is 19.6 Å². The number of carboxylic acids is 1. The number of aromatic nitrogens is 2. The lowest BCUT2D eigenvalue weighted by molar-refractivity contribution is -0.141. The molecule has 172 valence electrons. The summed E-state index contributed by atoms with van der Waals surface area (Å²) < 4.78 is 10.7. The molecule has 3 aromatic rings. The standard InChI is InChI=1S/C25H27N3O5/c1-4-17(25(30)31)12-16-7-10-21(32-2)19(13-16)15-28-24(29)20-9-8-18(14-27-20)23-22(33-3)6-5-11-26-23/h5-11,13-14,17H,4,12,15H2,1-3H3,(H,28,29)(H,30,31). The number of carboxylic acid groups (broad SMARTS) is 1. The first-order chi connectivity index (χ1) is 16.0. The summed E-state index contributed by atoms with van der Waals surface area (Å²) in [5.74, 6) is -0.370. The fourth-order valence-corrected chi connectivity index (χ4v) is 3.49. The number of methoxy groups -OCH3 is 2.